The first kappa shape index (κ1) is 36.5. The minimum Gasteiger partial charge on any atom is -0.497 e. The Balaban J connectivity index is 1.38. The predicted octanol–water partition coefficient (Wildman–Crippen LogP) is 9.56. The van der Waals surface area contributed by atoms with Crippen LogP contribution in [0.25, 0.3) is 10.8 Å². The van der Waals surface area contributed by atoms with E-state index in [4.69, 9.17) is 19.9 Å². The molecular weight excluding hydrogens is 642 g/mol. The fraction of sp³-hybridized carbons (Fsp3) is 0.293. The molecule has 10 nitrogen and oxygen atoms in total. The van der Waals surface area contributed by atoms with Gasteiger partial charge in [-0.15, -0.1) is 0 Å². The van der Waals surface area contributed by atoms with Gasteiger partial charge in [0.05, 0.1) is 32.0 Å². The maximum absolute atomic E-state index is 13.6. The summed E-state index contributed by atoms with van der Waals surface area (Å²) < 4.78 is 17.4. The van der Waals surface area contributed by atoms with Crippen LogP contribution in [0.1, 0.15) is 58.1 Å². The second-order valence-corrected chi connectivity index (χ2v) is 13.6. The first-order valence-corrected chi connectivity index (χ1v) is 17.1. The van der Waals surface area contributed by atoms with E-state index in [2.05, 4.69) is 48.6 Å². The third kappa shape index (κ3) is 9.48. The van der Waals surface area contributed by atoms with Crippen LogP contribution in [-0.4, -0.2) is 31.1 Å². The van der Waals surface area contributed by atoms with Gasteiger partial charge in [-0.3, -0.25) is 4.79 Å². The quantitative estimate of drug-likeness (QED) is 0.0859. The number of benzene rings is 4. The molecule has 0 aliphatic rings. The van der Waals surface area contributed by atoms with Gasteiger partial charge in [0.1, 0.15) is 28.8 Å². The van der Waals surface area contributed by atoms with E-state index in [1.165, 1.54) is 7.11 Å². The zero-order valence-corrected chi connectivity index (χ0v) is 30.1. The topological polar surface area (TPSA) is 137 Å². The molecule has 5 aromatic rings. The van der Waals surface area contributed by atoms with Crippen molar-refractivity contribution >= 4 is 45.6 Å². The number of carbonyl (C=O) groups is 2. The van der Waals surface area contributed by atoms with Gasteiger partial charge in [0.25, 0.3) is 0 Å². The van der Waals surface area contributed by atoms with E-state index in [1.807, 2.05) is 72.8 Å². The fourth-order valence-electron chi connectivity index (χ4n) is 6.09. The molecule has 0 saturated heterocycles. The standard InChI is InChI=1S/C41H47N5O5/c1-26(2)11-10-19-41(3,4)28-21-27(22-37(42)47)39(50-6)35(23-28)46-40(48)45-34-16-17-36(33-15-8-7-14-32(33)34)51-31-18-20-43-38(25-31)44-29-12-9-13-30(24-29)49-5/h7-9,12-18,20-21,23-26H,10-11,19,22H2,1-6H3,(H2,42,47)(H,43,44)(H2,45,46,48). The molecule has 0 aliphatic carbocycles. The van der Waals surface area contributed by atoms with Gasteiger partial charge >= 0.3 is 6.03 Å². The first-order chi connectivity index (χ1) is 24.4. The molecule has 51 heavy (non-hydrogen) atoms. The number of fused-ring (bicyclic) bond motifs is 1. The minimum atomic E-state index is -0.483. The Morgan fingerprint density at radius 2 is 1.61 bits per heavy atom. The van der Waals surface area contributed by atoms with Gasteiger partial charge in [-0.05, 0) is 59.7 Å². The molecule has 1 heterocycles. The van der Waals surface area contributed by atoms with Crippen LogP contribution in [0.4, 0.5) is 27.7 Å². The summed E-state index contributed by atoms with van der Waals surface area (Å²) in [6, 6.07) is 25.9. The van der Waals surface area contributed by atoms with E-state index in [9.17, 15) is 9.59 Å². The average Bonchev–Trinajstić information content (AvgIpc) is 3.09. The van der Waals surface area contributed by atoms with Gasteiger partial charge in [0.2, 0.25) is 5.91 Å². The first-order valence-electron chi connectivity index (χ1n) is 17.1. The summed E-state index contributed by atoms with van der Waals surface area (Å²) >= 11 is 0. The number of urea groups is 1. The number of nitrogens with one attached hydrogen (secondary N) is 3. The number of carbonyl (C=O) groups excluding carboxylic acids is 2. The van der Waals surface area contributed by atoms with Crippen molar-refractivity contribution < 1.29 is 23.8 Å². The molecule has 3 amide bonds. The lowest BCUT2D eigenvalue weighted by Gasteiger charge is -2.28. The number of hydrogen-bond donors (Lipinski definition) is 4. The van der Waals surface area contributed by atoms with Crippen molar-refractivity contribution in [1.82, 2.24) is 4.98 Å². The van der Waals surface area contributed by atoms with Gasteiger partial charge in [0.15, 0.2) is 0 Å². The number of ether oxygens (including phenoxy) is 3. The Bertz CT molecular complexity index is 2010. The summed E-state index contributed by atoms with van der Waals surface area (Å²) in [7, 11) is 3.14. The summed E-state index contributed by atoms with van der Waals surface area (Å²) in [6.45, 7) is 8.78. The molecule has 266 valence electrons. The molecular formula is C41H47N5O5. The lowest BCUT2D eigenvalue weighted by Crippen LogP contribution is -2.23. The molecule has 4 aromatic carbocycles. The van der Waals surface area contributed by atoms with Crippen molar-refractivity contribution in [2.45, 2.75) is 58.8 Å². The second-order valence-electron chi connectivity index (χ2n) is 13.6. The van der Waals surface area contributed by atoms with Crippen LogP contribution in [0.3, 0.4) is 0 Å². The number of nitrogens with zero attached hydrogens (tertiary/aromatic N) is 1. The van der Waals surface area contributed by atoms with E-state index < -0.39 is 11.9 Å². The van der Waals surface area contributed by atoms with Crippen molar-refractivity contribution in [3.63, 3.8) is 0 Å². The van der Waals surface area contributed by atoms with Crippen molar-refractivity contribution in [3.05, 3.63) is 102 Å². The van der Waals surface area contributed by atoms with Gasteiger partial charge in [-0.25, -0.2) is 9.78 Å². The van der Waals surface area contributed by atoms with Crippen LogP contribution in [0, 0.1) is 5.92 Å². The van der Waals surface area contributed by atoms with Gasteiger partial charge in [-0.2, -0.15) is 0 Å². The number of amides is 3. The second kappa shape index (κ2) is 16.3. The Hall–Kier alpha value is -5.77. The summed E-state index contributed by atoms with van der Waals surface area (Å²) in [6.07, 6.45) is 4.77. The average molecular weight is 690 g/mol. The lowest BCUT2D eigenvalue weighted by atomic mass is 9.78. The summed E-state index contributed by atoms with van der Waals surface area (Å²) in [5.41, 5.74) is 8.90. The van der Waals surface area contributed by atoms with Crippen molar-refractivity contribution in [2.24, 2.45) is 11.7 Å². The van der Waals surface area contributed by atoms with Crippen molar-refractivity contribution in [2.75, 3.05) is 30.2 Å². The molecule has 0 spiro atoms. The number of nitrogens with two attached hydrogens (primary N) is 1. The normalized spacial score (nSPS) is 11.3. The van der Waals surface area contributed by atoms with Gasteiger partial charge < -0.3 is 35.9 Å². The molecule has 5 rings (SSSR count). The van der Waals surface area contributed by atoms with Crippen LogP contribution >= 0.6 is 0 Å². The molecule has 0 radical (unpaired) electrons. The number of primary amides is 1. The molecule has 0 saturated carbocycles. The van der Waals surface area contributed by atoms with Crippen LogP contribution < -0.4 is 35.9 Å². The largest absolute Gasteiger partial charge is 0.497 e. The fourth-order valence-corrected chi connectivity index (χ4v) is 6.09. The number of pyridine rings is 1. The highest BCUT2D eigenvalue weighted by atomic mass is 16.5. The van der Waals surface area contributed by atoms with E-state index in [1.54, 1.807) is 25.4 Å². The Morgan fingerprint density at radius 1 is 0.843 bits per heavy atom. The van der Waals surface area contributed by atoms with E-state index in [0.29, 0.717) is 45.9 Å². The third-order valence-electron chi connectivity index (χ3n) is 8.78. The molecule has 0 unspecified atom stereocenters. The third-order valence-corrected chi connectivity index (χ3v) is 8.78. The summed E-state index contributed by atoms with van der Waals surface area (Å²) in [5.74, 6) is 3.07. The zero-order chi connectivity index (χ0) is 36.5. The van der Waals surface area contributed by atoms with Crippen molar-refractivity contribution in [1.29, 1.82) is 0 Å². The molecule has 0 atom stereocenters. The number of rotatable bonds is 15. The Kier molecular flexibility index (Phi) is 11.7. The molecule has 5 N–H and O–H groups in total. The van der Waals surface area contributed by atoms with Crippen LogP contribution in [0.15, 0.2) is 91.1 Å². The van der Waals surface area contributed by atoms with E-state index in [0.717, 1.165) is 47.0 Å². The SMILES string of the molecule is COc1cccc(Nc2cc(Oc3ccc(NC(=O)Nc4cc(C(C)(C)CCCC(C)C)cc(CC(N)=O)c4OC)c4ccccc34)ccn2)c1. The molecule has 0 fully saturated rings. The minimum absolute atomic E-state index is 0.0163. The van der Waals surface area contributed by atoms with Gasteiger partial charge in [0, 0.05) is 40.4 Å². The number of hydrogen-bond acceptors (Lipinski definition) is 7. The molecule has 10 heteroatoms. The highest BCUT2D eigenvalue weighted by molar-refractivity contribution is 6.08. The monoisotopic (exact) mass is 689 g/mol. The van der Waals surface area contributed by atoms with Crippen LogP contribution in [-0.2, 0) is 16.6 Å². The Labute approximate surface area is 299 Å². The highest BCUT2D eigenvalue weighted by Crippen LogP contribution is 2.39. The number of methoxy groups -OCH3 is 2. The summed E-state index contributed by atoms with van der Waals surface area (Å²) in [4.78, 5) is 30.1. The maximum Gasteiger partial charge on any atom is 0.323 e. The Morgan fingerprint density at radius 3 is 2.33 bits per heavy atom. The number of anilines is 4. The van der Waals surface area contributed by atoms with Crippen LogP contribution in [0.2, 0.25) is 0 Å². The predicted molar refractivity (Wildman–Crippen MR) is 205 cm³/mol. The smallest absolute Gasteiger partial charge is 0.323 e. The molecule has 0 bridgehead atoms. The maximum atomic E-state index is 13.6. The van der Waals surface area contributed by atoms with Crippen LogP contribution in [0.5, 0.6) is 23.0 Å². The molecule has 0 aliphatic heterocycles. The van der Waals surface area contributed by atoms with Gasteiger partial charge in [-0.1, -0.05) is 76.9 Å². The van der Waals surface area contributed by atoms with E-state index in [-0.39, 0.29) is 11.8 Å². The lowest BCUT2D eigenvalue weighted by molar-refractivity contribution is -0.117. The highest BCUT2D eigenvalue weighted by Gasteiger charge is 2.25. The van der Waals surface area contributed by atoms with E-state index >= 15 is 0 Å². The van der Waals surface area contributed by atoms with Crippen molar-refractivity contribution in [3.8, 4) is 23.0 Å². The number of aromatic nitrogens is 1. The zero-order valence-electron chi connectivity index (χ0n) is 30.1. The molecule has 1 aromatic heterocycles. The summed E-state index contributed by atoms with van der Waals surface area (Å²) in [5, 5.41) is 10.9.